The number of amides is 1. The molecule has 2 rings (SSSR count). The van der Waals surface area contributed by atoms with Gasteiger partial charge in [-0.05, 0) is 41.9 Å². The highest BCUT2D eigenvalue weighted by Gasteiger charge is 2.14. The zero-order valence-corrected chi connectivity index (χ0v) is 12.7. The third kappa shape index (κ3) is 2.84. The van der Waals surface area contributed by atoms with E-state index in [0.29, 0.717) is 16.7 Å². The molecular weight excluding hydrogens is 308 g/mol. The average molecular weight is 323 g/mol. The van der Waals surface area contributed by atoms with Gasteiger partial charge in [-0.25, -0.2) is 4.98 Å². The lowest BCUT2D eigenvalue weighted by Crippen LogP contribution is -2.24. The van der Waals surface area contributed by atoms with Gasteiger partial charge in [-0.2, -0.15) is 5.10 Å². The molecule has 1 amide bonds. The topological polar surface area (TPSA) is 59.8 Å². The summed E-state index contributed by atoms with van der Waals surface area (Å²) in [6, 6.07) is 3.57. The Bertz CT molecular complexity index is 621. The highest BCUT2D eigenvalue weighted by atomic mass is 79.9. The fourth-order valence-corrected chi connectivity index (χ4v) is 2.31. The molecule has 0 saturated heterocycles. The van der Waals surface area contributed by atoms with Gasteiger partial charge in [0.25, 0.3) is 5.91 Å². The van der Waals surface area contributed by atoms with Gasteiger partial charge in [-0.1, -0.05) is 0 Å². The van der Waals surface area contributed by atoms with E-state index < -0.39 is 0 Å². The van der Waals surface area contributed by atoms with Gasteiger partial charge in [0.1, 0.15) is 5.69 Å². The largest absolute Gasteiger partial charge is 0.346 e. The number of pyridine rings is 1. The lowest BCUT2D eigenvalue weighted by atomic mass is 10.2. The second-order valence-electron chi connectivity index (χ2n) is 4.29. The van der Waals surface area contributed by atoms with E-state index in [2.05, 4.69) is 31.3 Å². The van der Waals surface area contributed by atoms with Crippen LogP contribution in [-0.2, 0) is 13.6 Å². The molecule has 0 aliphatic carbocycles. The molecule has 5 nitrogen and oxygen atoms in total. The minimum Gasteiger partial charge on any atom is -0.346 e. The van der Waals surface area contributed by atoms with Crippen LogP contribution in [0.2, 0.25) is 0 Å². The van der Waals surface area contributed by atoms with Crippen molar-refractivity contribution >= 4 is 21.8 Å². The Kier molecular flexibility index (Phi) is 3.99. The van der Waals surface area contributed by atoms with Crippen LogP contribution in [0.3, 0.4) is 0 Å². The Morgan fingerprint density at radius 1 is 1.47 bits per heavy atom. The van der Waals surface area contributed by atoms with E-state index in [1.807, 2.05) is 25.6 Å². The fourth-order valence-electron chi connectivity index (χ4n) is 1.88. The zero-order valence-electron chi connectivity index (χ0n) is 11.1. The van der Waals surface area contributed by atoms with E-state index in [0.717, 1.165) is 17.0 Å². The summed E-state index contributed by atoms with van der Waals surface area (Å²) in [5, 5.41) is 7.19. The molecule has 2 aromatic heterocycles. The predicted octanol–water partition coefficient (Wildman–Crippen LogP) is 2.12. The maximum absolute atomic E-state index is 12.0. The van der Waals surface area contributed by atoms with Crippen molar-refractivity contribution in [1.82, 2.24) is 20.1 Å². The molecule has 0 saturated carbocycles. The van der Waals surface area contributed by atoms with Crippen molar-refractivity contribution in [2.45, 2.75) is 20.4 Å². The fraction of sp³-hybridized carbons (Fsp3) is 0.308. The lowest BCUT2D eigenvalue weighted by Gasteiger charge is -2.06. The standard InChI is InChI=1S/C13H15BrN4O/c1-8-10(9(2)18(3)17-8)7-16-13(19)12-11(14)5-4-6-15-12/h4-6H,7H2,1-3H3,(H,16,19). The summed E-state index contributed by atoms with van der Waals surface area (Å²) in [5.74, 6) is -0.199. The Balaban J connectivity index is 2.11. The van der Waals surface area contributed by atoms with Crippen LogP contribution in [0.15, 0.2) is 22.8 Å². The Morgan fingerprint density at radius 2 is 2.21 bits per heavy atom. The van der Waals surface area contributed by atoms with Gasteiger partial charge < -0.3 is 5.32 Å². The molecule has 100 valence electrons. The van der Waals surface area contributed by atoms with Crippen LogP contribution in [0.1, 0.15) is 27.4 Å². The number of nitrogens with one attached hydrogen (secondary N) is 1. The predicted molar refractivity (Wildman–Crippen MR) is 75.8 cm³/mol. The average Bonchev–Trinajstić information content (AvgIpc) is 2.61. The van der Waals surface area contributed by atoms with Gasteiger partial charge in [0.05, 0.1) is 5.69 Å². The first kappa shape index (κ1) is 13.7. The molecular formula is C13H15BrN4O. The summed E-state index contributed by atoms with van der Waals surface area (Å²) in [6.07, 6.45) is 1.60. The van der Waals surface area contributed by atoms with E-state index in [-0.39, 0.29) is 5.91 Å². The zero-order chi connectivity index (χ0) is 14.0. The first-order valence-electron chi connectivity index (χ1n) is 5.88. The molecule has 2 heterocycles. The second-order valence-corrected chi connectivity index (χ2v) is 5.14. The van der Waals surface area contributed by atoms with E-state index in [1.165, 1.54) is 0 Å². The van der Waals surface area contributed by atoms with Crippen LogP contribution < -0.4 is 5.32 Å². The molecule has 19 heavy (non-hydrogen) atoms. The molecule has 2 aromatic rings. The number of hydrogen-bond donors (Lipinski definition) is 1. The van der Waals surface area contributed by atoms with Gasteiger partial charge in [0, 0.05) is 35.5 Å². The van der Waals surface area contributed by atoms with Gasteiger partial charge >= 0.3 is 0 Å². The minimum absolute atomic E-state index is 0.199. The minimum atomic E-state index is -0.199. The lowest BCUT2D eigenvalue weighted by molar-refractivity contribution is 0.0945. The quantitative estimate of drug-likeness (QED) is 0.941. The van der Waals surface area contributed by atoms with Crippen LogP contribution >= 0.6 is 15.9 Å². The van der Waals surface area contributed by atoms with Crippen molar-refractivity contribution in [3.63, 3.8) is 0 Å². The Morgan fingerprint density at radius 3 is 2.79 bits per heavy atom. The van der Waals surface area contributed by atoms with Gasteiger partial charge in [0.2, 0.25) is 0 Å². The van der Waals surface area contributed by atoms with Crippen LogP contribution in [0, 0.1) is 13.8 Å². The molecule has 0 aliphatic heterocycles. The normalized spacial score (nSPS) is 10.5. The maximum Gasteiger partial charge on any atom is 0.271 e. The smallest absolute Gasteiger partial charge is 0.271 e. The molecule has 0 radical (unpaired) electrons. The molecule has 0 aliphatic rings. The molecule has 0 bridgehead atoms. The van der Waals surface area contributed by atoms with Crippen LogP contribution in [0.25, 0.3) is 0 Å². The third-order valence-corrected chi connectivity index (χ3v) is 3.70. The first-order valence-corrected chi connectivity index (χ1v) is 6.67. The Hall–Kier alpha value is -1.69. The third-order valence-electron chi connectivity index (χ3n) is 3.06. The van der Waals surface area contributed by atoms with Crippen LogP contribution in [-0.4, -0.2) is 20.7 Å². The molecule has 0 aromatic carbocycles. The van der Waals surface area contributed by atoms with Crippen molar-refractivity contribution < 1.29 is 4.79 Å². The molecule has 0 spiro atoms. The summed E-state index contributed by atoms with van der Waals surface area (Å²) < 4.78 is 2.50. The number of halogens is 1. The SMILES string of the molecule is Cc1nn(C)c(C)c1CNC(=O)c1ncccc1Br. The van der Waals surface area contributed by atoms with E-state index in [9.17, 15) is 4.79 Å². The van der Waals surface area contributed by atoms with E-state index in [1.54, 1.807) is 18.3 Å². The number of nitrogens with zero attached hydrogens (tertiary/aromatic N) is 3. The Labute approximate surface area is 120 Å². The summed E-state index contributed by atoms with van der Waals surface area (Å²) in [6.45, 7) is 4.37. The van der Waals surface area contributed by atoms with Gasteiger partial charge in [-0.15, -0.1) is 0 Å². The summed E-state index contributed by atoms with van der Waals surface area (Å²) in [7, 11) is 1.89. The van der Waals surface area contributed by atoms with Crippen molar-refractivity contribution in [3.05, 3.63) is 45.4 Å². The van der Waals surface area contributed by atoms with Crippen LogP contribution in [0.4, 0.5) is 0 Å². The molecule has 1 N–H and O–H groups in total. The number of hydrogen-bond acceptors (Lipinski definition) is 3. The summed E-state index contributed by atoms with van der Waals surface area (Å²) >= 11 is 3.32. The number of aryl methyl sites for hydroxylation is 2. The second kappa shape index (κ2) is 5.52. The van der Waals surface area contributed by atoms with E-state index in [4.69, 9.17) is 0 Å². The van der Waals surface area contributed by atoms with E-state index >= 15 is 0 Å². The summed E-state index contributed by atoms with van der Waals surface area (Å²) in [4.78, 5) is 16.1. The number of carbonyl (C=O) groups is 1. The van der Waals surface area contributed by atoms with Crippen molar-refractivity contribution in [2.24, 2.45) is 7.05 Å². The molecule has 6 heteroatoms. The molecule has 0 unspecified atom stereocenters. The van der Waals surface area contributed by atoms with Crippen molar-refractivity contribution in [2.75, 3.05) is 0 Å². The van der Waals surface area contributed by atoms with Gasteiger partial charge in [0.15, 0.2) is 0 Å². The summed E-state index contributed by atoms with van der Waals surface area (Å²) in [5.41, 5.74) is 3.42. The van der Waals surface area contributed by atoms with Gasteiger partial charge in [-0.3, -0.25) is 9.48 Å². The molecule has 0 fully saturated rings. The van der Waals surface area contributed by atoms with Crippen molar-refractivity contribution in [3.8, 4) is 0 Å². The monoisotopic (exact) mass is 322 g/mol. The number of rotatable bonds is 3. The highest BCUT2D eigenvalue weighted by molar-refractivity contribution is 9.10. The highest BCUT2D eigenvalue weighted by Crippen LogP contribution is 2.14. The number of aromatic nitrogens is 3. The number of carbonyl (C=O) groups excluding carboxylic acids is 1. The first-order chi connectivity index (χ1) is 9.00. The van der Waals surface area contributed by atoms with Crippen molar-refractivity contribution in [1.29, 1.82) is 0 Å². The molecule has 0 atom stereocenters. The van der Waals surface area contributed by atoms with Crippen LogP contribution in [0.5, 0.6) is 0 Å². The maximum atomic E-state index is 12.0.